The van der Waals surface area contributed by atoms with Crippen LogP contribution < -0.4 is 4.90 Å². The maximum Gasteiger partial charge on any atom is 0.191 e. The molecule has 122 valence electrons. The molecule has 1 fully saturated rings. The van der Waals surface area contributed by atoms with Gasteiger partial charge >= 0.3 is 0 Å². The van der Waals surface area contributed by atoms with Crippen molar-refractivity contribution in [2.24, 2.45) is 0 Å². The fourth-order valence-electron chi connectivity index (χ4n) is 3.42. The van der Waals surface area contributed by atoms with Crippen LogP contribution in [-0.2, 0) is 19.4 Å². The van der Waals surface area contributed by atoms with Gasteiger partial charge in [0.05, 0.1) is 11.4 Å². The number of hydrogen-bond acceptors (Lipinski definition) is 6. The highest BCUT2D eigenvalue weighted by molar-refractivity contribution is 5.45. The third-order valence-corrected chi connectivity index (χ3v) is 4.94. The Balaban J connectivity index is 1.35. The Bertz CT molecular complexity index is 692. The molecular formula is C17H23N5O. The van der Waals surface area contributed by atoms with Gasteiger partial charge in [0.15, 0.2) is 11.7 Å². The molecule has 0 N–H and O–H groups in total. The van der Waals surface area contributed by atoms with Gasteiger partial charge in [0.2, 0.25) is 0 Å². The van der Waals surface area contributed by atoms with Crippen LogP contribution in [0.1, 0.15) is 35.7 Å². The van der Waals surface area contributed by atoms with Crippen LogP contribution in [0.2, 0.25) is 0 Å². The van der Waals surface area contributed by atoms with E-state index in [1.165, 1.54) is 24.1 Å². The molecule has 0 atom stereocenters. The summed E-state index contributed by atoms with van der Waals surface area (Å²) in [5.74, 6) is 1.76. The Morgan fingerprint density at radius 1 is 1.26 bits per heavy atom. The van der Waals surface area contributed by atoms with E-state index in [1.807, 2.05) is 6.92 Å². The second-order valence-corrected chi connectivity index (χ2v) is 6.71. The van der Waals surface area contributed by atoms with Gasteiger partial charge in [-0.3, -0.25) is 4.90 Å². The van der Waals surface area contributed by atoms with Crippen molar-refractivity contribution < 1.29 is 4.42 Å². The van der Waals surface area contributed by atoms with Gasteiger partial charge in [-0.2, -0.15) is 5.10 Å². The molecule has 1 saturated heterocycles. The molecule has 0 unspecified atom stereocenters. The van der Waals surface area contributed by atoms with Crippen LogP contribution in [0.5, 0.6) is 0 Å². The third kappa shape index (κ3) is 2.95. The number of hydrogen-bond donors (Lipinski definition) is 0. The zero-order valence-electron chi connectivity index (χ0n) is 13.8. The molecule has 4 rings (SSSR count). The Hall–Kier alpha value is -1.95. The van der Waals surface area contributed by atoms with E-state index >= 15 is 0 Å². The molecule has 3 heterocycles. The van der Waals surface area contributed by atoms with E-state index in [9.17, 15) is 0 Å². The summed E-state index contributed by atoms with van der Waals surface area (Å²) in [6.07, 6.45) is 6.52. The lowest BCUT2D eigenvalue weighted by Gasteiger charge is -2.44. The number of fused-ring (bicyclic) bond motifs is 1. The average molecular weight is 313 g/mol. The summed E-state index contributed by atoms with van der Waals surface area (Å²) in [5, 5.41) is 8.86. The first-order valence-corrected chi connectivity index (χ1v) is 8.41. The summed E-state index contributed by atoms with van der Waals surface area (Å²) in [4.78, 5) is 9.02. The number of nitrogens with zero attached hydrogens (tertiary/aromatic N) is 5. The number of oxazole rings is 1. The summed E-state index contributed by atoms with van der Waals surface area (Å²) in [7, 11) is 2.14. The molecule has 6 heteroatoms. The molecule has 0 bridgehead atoms. The molecule has 0 aromatic carbocycles. The van der Waals surface area contributed by atoms with Crippen molar-refractivity contribution in [1.29, 1.82) is 0 Å². The standard InChI is InChI=1S/C17H23N5O/c1-12-18-14(11-23-12)8-21(2)15-9-22(10-15)17-7-13-5-3-4-6-16(13)19-20-17/h7,11,15H,3-6,8-10H2,1-2H3. The molecule has 2 aromatic heterocycles. The fraction of sp³-hybridized carbons (Fsp3) is 0.588. The zero-order valence-corrected chi connectivity index (χ0v) is 13.8. The van der Waals surface area contributed by atoms with Crippen molar-refractivity contribution in [3.05, 3.63) is 35.2 Å². The van der Waals surface area contributed by atoms with Gasteiger partial charge in [-0.15, -0.1) is 5.10 Å². The largest absolute Gasteiger partial charge is 0.449 e. The first-order valence-electron chi connectivity index (χ1n) is 8.41. The van der Waals surface area contributed by atoms with Crippen molar-refractivity contribution in [1.82, 2.24) is 20.1 Å². The Labute approximate surface area is 136 Å². The zero-order chi connectivity index (χ0) is 15.8. The second kappa shape index (κ2) is 5.92. The number of aryl methyl sites for hydroxylation is 3. The van der Waals surface area contributed by atoms with Gasteiger partial charge in [0.1, 0.15) is 6.26 Å². The van der Waals surface area contributed by atoms with Gasteiger partial charge in [-0.1, -0.05) is 0 Å². The molecule has 23 heavy (non-hydrogen) atoms. The normalized spacial score (nSPS) is 18.1. The number of aromatic nitrogens is 3. The predicted octanol–water partition coefficient (Wildman–Crippen LogP) is 1.97. The Morgan fingerprint density at radius 2 is 2.09 bits per heavy atom. The summed E-state index contributed by atoms with van der Waals surface area (Å²) in [5.41, 5.74) is 3.60. The van der Waals surface area contributed by atoms with Gasteiger partial charge in [0.25, 0.3) is 0 Å². The van der Waals surface area contributed by atoms with Crippen molar-refractivity contribution >= 4 is 5.82 Å². The molecule has 1 aliphatic carbocycles. The summed E-state index contributed by atoms with van der Waals surface area (Å²) >= 11 is 0. The Morgan fingerprint density at radius 3 is 2.87 bits per heavy atom. The summed E-state index contributed by atoms with van der Waals surface area (Å²) in [6.45, 7) is 4.71. The predicted molar refractivity (Wildman–Crippen MR) is 87.4 cm³/mol. The quantitative estimate of drug-likeness (QED) is 0.860. The van der Waals surface area contributed by atoms with Crippen LogP contribution >= 0.6 is 0 Å². The van der Waals surface area contributed by atoms with Crippen molar-refractivity contribution in [2.75, 3.05) is 25.0 Å². The van der Waals surface area contributed by atoms with E-state index < -0.39 is 0 Å². The minimum Gasteiger partial charge on any atom is -0.449 e. The van der Waals surface area contributed by atoms with Gasteiger partial charge < -0.3 is 9.32 Å². The van der Waals surface area contributed by atoms with Crippen LogP contribution in [0.15, 0.2) is 16.7 Å². The smallest absolute Gasteiger partial charge is 0.191 e. The van der Waals surface area contributed by atoms with Crippen LogP contribution in [0.25, 0.3) is 0 Å². The molecule has 1 aliphatic heterocycles. The van der Waals surface area contributed by atoms with Gasteiger partial charge in [-0.25, -0.2) is 4.98 Å². The average Bonchev–Trinajstić information content (AvgIpc) is 2.90. The maximum atomic E-state index is 5.27. The highest BCUT2D eigenvalue weighted by Crippen LogP contribution is 2.26. The van der Waals surface area contributed by atoms with Crippen LogP contribution in [0.3, 0.4) is 0 Å². The van der Waals surface area contributed by atoms with Crippen molar-refractivity contribution in [3.63, 3.8) is 0 Å². The third-order valence-electron chi connectivity index (χ3n) is 4.94. The van der Waals surface area contributed by atoms with Crippen molar-refractivity contribution in [2.45, 2.75) is 45.2 Å². The molecular weight excluding hydrogens is 290 g/mol. The summed E-state index contributed by atoms with van der Waals surface area (Å²) < 4.78 is 5.27. The highest BCUT2D eigenvalue weighted by Gasteiger charge is 2.32. The van der Waals surface area contributed by atoms with Gasteiger partial charge in [-0.05, 0) is 44.4 Å². The number of anilines is 1. The second-order valence-electron chi connectivity index (χ2n) is 6.71. The number of likely N-dealkylation sites (N-methyl/N-ethyl adjacent to an activating group) is 1. The molecule has 0 radical (unpaired) electrons. The van der Waals surface area contributed by atoms with Crippen LogP contribution in [0, 0.1) is 6.92 Å². The van der Waals surface area contributed by atoms with E-state index in [-0.39, 0.29) is 0 Å². The van der Waals surface area contributed by atoms with E-state index in [1.54, 1.807) is 6.26 Å². The number of rotatable bonds is 4. The fourth-order valence-corrected chi connectivity index (χ4v) is 3.42. The monoisotopic (exact) mass is 313 g/mol. The van der Waals surface area contributed by atoms with E-state index in [0.29, 0.717) is 6.04 Å². The molecule has 2 aromatic rings. The first kappa shape index (κ1) is 14.6. The van der Waals surface area contributed by atoms with Crippen LogP contribution in [0.4, 0.5) is 5.82 Å². The highest BCUT2D eigenvalue weighted by atomic mass is 16.3. The maximum absolute atomic E-state index is 5.27. The van der Waals surface area contributed by atoms with E-state index in [0.717, 1.165) is 49.9 Å². The van der Waals surface area contributed by atoms with Crippen molar-refractivity contribution in [3.8, 4) is 0 Å². The Kier molecular flexibility index (Phi) is 3.77. The summed E-state index contributed by atoms with van der Waals surface area (Å²) in [6, 6.07) is 2.78. The van der Waals surface area contributed by atoms with E-state index in [4.69, 9.17) is 4.42 Å². The molecule has 0 amide bonds. The first-order chi connectivity index (χ1) is 11.2. The molecule has 6 nitrogen and oxygen atoms in total. The van der Waals surface area contributed by atoms with E-state index in [2.05, 4.69) is 38.1 Å². The minimum absolute atomic E-state index is 0.532. The van der Waals surface area contributed by atoms with Gasteiger partial charge in [0, 0.05) is 32.6 Å². The molecule has 0 saturated carbocycles. The molecule has 2 aliphatic rings. The minimum atomic E-state index is 0.532. The molecule has 0 spiro atoms. The lowest BCUT2D eigenvalue weighted by atomic mass is 9.96. The van der Waals surface area contributed by atoms with Crippen LogP contribution in [-0.4, -0.2) is 46.3 Å². The topological polar surface area (TPSA) is 58.3 Å². The SMILES string of the molecule is Cc1nc(CN(C)C2CN(c3cc4c(nn3)CCCC4)C2)co1. The lowest BCUT2D eigenvalue weighted by Crippen LogP contribution is -2.58. The lowest BCUT2D eigenvalue weighted by molar-refractivity contribution is 0.194.